The zero-order valence-corrected chi connectivity index (χ0v) is 10.6. The fraction of sp³-hybridized carbons (Fsp3) is 0.417. The molecule has 0 fully saturated rings. The van der Waals surface area contributed by atoms with Crippen molar-refractivity contribution in [1.29, 1.82) is 0 Å². The van der Waals surface area contributed by atoms with E-state index in [9.17, 15) is 9.50 Å². The summed E-state index contributed by atoms with van der Waals surface area (Å²) in [5.74, 6) is 0.163. The molecule has 0 aliphatic heterocycles. The van der Waals surface area contributed by atoms with Crippen LogP contribution in [0, 0.1) is 5.82 Å². The molecule has 1 atom stereocenters. The number of tetrazole rings is 1. The molecule has 1 aromatic carbocycles. The molecule has 6 nitrogen and oxygen atoms in total. The predicted octanol–water partition coefficient (Wildman–Crippen LogP) is -0.219. The molecule has 2 rings (SSSR count). The summed E-state index contributed by atoms with van der Waals surface area (Å²) in [7, 11) is 1.66. The molecule has 0 aliphatic rings. The first-order valence-corrected chi connectivity index (χ1v) is 5.89. The van der Waals surface area contributed by atoms with Crippen LogP contribution < -0.4 is 5.73 Å². The normalized spacial score (nSPS) is 14.3. The standard InChI is InChI=1S/C12H16FN5O/c1-18-16-11(15-17-18)6-12(7-14,8-19)9-2-4-10(13)5-3-9/h2-5,19H,6-8,14H2,1H3. The number of nitrogens with zero attached hydrogens (tertiary/aromatic N) is 4. The SMILES string of the molecule is Cn1nnc(CC(CN)(CO)c2ccc(F)cc2)n1. The molecule has 3 N–H and O–H groups in total. The van der Waals surface area contributed by atoms with Crippen LogP contribution in [0.15, 0.2) is 24.3 Å². The van der Waals surface area contributed by atoms with E-state index < -0.39 is 5.41 Å². The van der Waals surface area contributed by atoms with Crippen LogP contribution in [0.25, 0.3) is 0 Å². The molecule has 1 aromatic heterocycles. The number of aromatic nitrogens is 4. The Bertz CT molecular complexity index is 535. The number of hydrogen-bond donors (Lipinski definition) is 2. The molecular weight excluding hydrogens is 249 g/mol. The maximum Gasteiger partial charge on any atom is 0.175 e. The maximum atomic E-state index is 13.0. The number of halogens is 1. The molecule has 0 radical (unpaired) electrons. The van der Waals surface area contributed by atoms with Gasteiger partial charge in [-0.15, -0.1) is 10.2 Å². The molecule has 0 amide bonds. The average Bonchev–Trinajstić information content (AvgIpc) is 2.82. The van der Waals surface area contributed by atoms with E-state index in [-0.39, 0.29) is 19.0 Å². The van der Waals surface area contributed by atoms with Crippen LogP contribution >= 0.6 is 0 Å². The molecule has 0 spiro atoms. The van der Waals surface area contributed by atoms with E-state index in [1.54, 1.807) is 19.2 Å². The van der Waals surface area contributed by atoms with Crippen molar-refractivity contribution in [2.45, 2.75) is 11.8 Å². The zero-order chi connectivity index (χ0) is 13.9. The van der Waals surface area contributed by atoms with Crippen molar-refractivity contribution in [2.24, 2.45) is 12.8 Å². The van der Waals surface area contributed by atoms with Gasteiger partial charge in [0.2, 0.25) is 0 Å². The first-order valence-electron chi connectivity index (χ1n) is 5.89. The molecule has 1 heterocycles. The van der Waals surface area contributed by atoms with E-state index in [1.165, 1.54) is 16.9 Å². The fourth-order valence-corrected chi connectivity index (χ4v) is 2.00. The van der Waals surface area contributed by atoms with Gasteiger partial charge in [-0.1, -0.05) is 12.1 Å². The first-order chi connectivity index (χ1) is 9.09. The minimum atomic E-state index is -0.725. The van der Waals surface area contributed by atoms with Crippen molar-refractivity contribution in [1.82, 2.24) is 20.2 Å². The second-order valence-electron chi connectivity index (χ2n) is 4.52. The van der Waals surface area contributed by atoms with Crippen LogP contribution in [0.3, 0.4) is 0 Å². The summed E-state index contributed by atoms with van der Waals surface area (Å²) in [6.45, 7) is 0.0285. The third-order valence-corrected chi connectivity index (χ3v) is 3.20. The summed E-state index contributed by atoms with van der Waals surface area (Å²) in [6.07, 6.45) is 0.347. The minimum Gasteiger partial charge on any atom is -0.395 e. The second-order valence-corrected chi connectivity index (χ2v) is 4.52. The quantitative estimate of drug-likeness (QED) is 0.780. The number of rotatable bonds is 5. The van der Waals surface area contributed by atoms with Gasteiger partial charge < -0.3 is 10.8 Å². The van der Waals surface area contributed by atoms with Crippen LogP contribution in [-0.2, 0) is 18.9 Å². The van der Waals surface area contributed by atoms with Gasteiger partial charge in [0, 0.05) is 18.4 Å². The Morgan fingerprint density at radius 1 is 1.37 bits per heavy atom. The summed E-state index contributed by atoms with van der Waals surface area (Å²) in [5, 5.41) is 21.5. The topological polar surface area (TPSA) is 89.9 Å². The molecular formula is C12H16FN5O. The number of benzene rings is 1. The van der Waals surface area contributed by atoms with E-state index in [1.807, 2.05) is 0 Å². The Kier molecular flexibility index (Phi) is 3.87. The van der Waals surface area contributed by atoms with Crippen molar-refractivity contribution in [3.8, 4) is 0 Å². The second kappa shape index (κ2) is 5.41. The summed E-state index contributed by atoms with van der Waals surface area (Å²) in [6, 6.07) is 5.93. The summed E-state index contributed by atoms with van der Waals surface area (Å²) in [4.78, 5) is 1.35. The van der Waals surface area contributed by atoms with Gasteiger partial charge in [0.05, 0.1) is 13.7 Å². The van der Waals surface area contributed by atoms with Gasteiger partial charge in [0.15, 0.2) is 5.82 Å². The molecule has 0 saturated carbocycles. The number of aliphatic hydroxyl groups is 1. The molecule has 2 aromatic rings. The van der Waals surface area contributed by atoms with Crippen molar-refractivity contribution in [3.63, 3.8) is 0 Å². The maximum absolute atomic E-state index is 13.0. The Morgan fingerprint density at radius 2 is 2.05 bits per heavy atom. The Hall–Kier alpha value is -1.86. The molecule has 0 aliphatic carbocycles. The fourth-order valence-electron chi connectivity index (χ4n) is 2.00. The molecule has 7 heteroatoms. The van der Waals surface area contributed by atoms with Gasteiger partial charge in [-0.2, -0.15) is 4.80 Å². The Labute approximate surface area is 110 Å². The largest absolute Gasteiger partial charge is 0.395 e. The van der Waals surface area contributed by atoms with Crippen molar-refractivity contribution in [3.05, 3.63) is 41.5 Å². The van der Waals surface area contributed by atoms with E-state index in [0.717, 1.165) is 5.56 Å². The Balaban J connectivity index is 2.33. The van der Waals surface area contributed by atoms with Crippen LogP contribution in [0.4, 0.5) is 4.39 Å². The summed E-state index contributed by atoms with van der Waals surface area (Å²) >= 11 is 0. The lowest BCUT2D eigenvalue weighted by atomic mass is 9.78. The van der Waals surface area contributed by atoms with Gasteiger partial charge >= 0.3 is 0 Å². The lowest BCUT2D eigenvalue weighted by Crippen LogP contribution is -2.41. The van der Waals surface area contributed by atoms with Crippen molar-refractivity contribution < 1.29 is 9.50 Å². The van der Waals surface area contributed by atoms with Crippen LogP contribution in [-0.4, -0.2) is 38.5 Å². The molecule has 19 heavy (non-hydrogen) atoms. The monoisotopic (exact) mass is 265 g/mol. The third-order valence-electron chi connectivity index (χ3n) is 3.20. The van der Waals surface area contributed by atoms with Gasteiger partial charge in [0.25, 0.3) is 0 Å². The lowest BCUT2D eigenvalue weighted by Gasteiger charge is -2.29. The van der Waals surface area contributed by atoms with Crippen LogP contribution in [0.2, 0.25) is 0 Å². The van der Waals surface area contributed by atoms with Crippen LogP contribution in [0.5, 0.6) is 0 Å². The van der Waals surface area contributed by atoms with Gasteiger partial charge in [-0.05, 0) is 22.9 Å². The highest BCUT2D eigenvalue weighted by atomic mass is 19.1. The molecule has 0 bridgehead atoms. The average molecular weight is 265 g/mol. The van der Waals surface area contributed by atoms with Crippen LogP contribution in [0.1, 0.15) is 11.4 Å². The third kappa shape index (κ3) is 2.77. The van der Waals surface area contributed by atoms with E-state index in [4.69, 9.17) is 5.73 Å². The number of aliphatic hydroxyl groups excluding tert-OH is 1. The zero-order valence-electron chi connectivity index (χ0n) is 10.6. The number of nitrogens with two attached hydrogens (primary N) is 1. The van der Waals surface area contributed by atoms with E-state index in [0.29, 0.717) is 12.2 Å². The highest BCUT2D eigenvalue weighted by molar-refractivity contribution is 5.28. The van der Waals surface area contributed by atoms with Gasteiger partial charge in [-0.3, -0.25) is 0 Å². The van der Waals surface area contributed by atoms with Crippen molar-refractivity contribution >= 4 is 0 Å². The first kappa shape index (κ1) is 13.6. The van der Waals surface area contributed by atoms with Gasteiger partial charge in [-0.25, -0.2) is 4.39 Å². The summed E-state index contributed by atoms with van der Waals surface area (Å²) in [5.41, 5.74) is 5.84. The highest BCUT2D eigenvalue weighted by Crippen LogP contribution is 2.26. The number of hydrogen-bond acceptors (Lipinski definition) is 5. The Morgan fingerprint density at radius 3 is 2.53 bits per heavy atom. The minimum absolute atomic E-state index is 0.173. The predicted molar refractivity (Wildman–Crippen MR) is 66.7 cm³/mol. The lowest BCUT2D eigenvalue weighted by molar-refractivity contribution is 0.194. The summed E-state index contributed by atoms with van der Waals surface area (Å²) < 4.78 is 13.0. The van der Waals surface area contributed by atoms with E-state index in [2.05, 4.69) is 15.4 Å². The van der Waals surface area contributed by atoms with Gasteiger partial charge in [0.1, 0.15) is 5.82 Å². The molecule has 102 valence electrons. The highest BCUT2D eigenvalue weighted by Gasteiger charge is 2.32. The smallest absolute Gasteiger partial charge is 0.175 e. The molecule has 0 saturated heterocycles. The van der Waals surface area contributed by atoms with Crippen molar-refractivity contribution in [2.75, 3.05) is 13.2 Å². The van der Waals surface area contributed by atoms with E-state index >= 15 is 0 Å². The molecule has 1 unspecified atom stereocenters. The number of aryl methyl sites for hydroxylation is 1.